The van der Waals surface area contributed by atoms with Crippen molar-refractivity contribution >= 4 is 11.8 Å². The van der Waals surface area contributed by atoms with Gasteiger partial charge in [0, 0.05) is 11.4 Å². The maximum Gasteiger partial charge on any atom is 0.0189 e. The van der Waals surface area contributed by atoms with Crippen LogP contribution in [0.1, 0.15) is 11.1 Å². The fourth-order valence-corrected chi connectivity index (χ4v) is 1.74. The molecule has 0 fully saturated rings. The van der Waals surface area contributed by atoms with Crippen LogP contribution >= 0.6 is 11.8 Å². The third-order valence-corrected chi connectivity index (χ3v) is 2.48. The van der Waals surface area contributed by atoms with E-state index in [9.17, 15) is 0 Å². The highest BCUT2D eigenvalue weighted by Gasteiger charge is 1.97. The average Bonchev–Trinajstić information content (AvgIpc) is 2.04. The van der Waals surface area contributed by atoms with Crippen molar-refractivity contribution in [3.8, 4) is 0 Å². The molecule has 1 nitrogen and oxygen atoms in total. The van der Waals surface area contributed by atoms with Crippen LogP contribution in [0, 0.1) is 6.92 Å². The van der Waals surface area contributed by atoms with Gasteiger partial charge in [-0.1, -0.05) is 12.1 Å². The number of nitrogens with two attached hydrogens (primary N) is 1. The lowest BCUT2D eigenvalue weighted by molar-refractivity contribution is 1.02. The van der Waals surface area contributed by atoms with Crippen LogP contribution in [-0.2, 0) is 6.54 Å². The minimum atomic E-state index is 0.635. The molecule has 0 atom stereocenters. The van der Waals surface area contributed by atoms with E-state index in [2.05, 4.69) is 31.4 Å². The van der Waals surface area contributed by atoms with Crippen molar-refractivity contribution in [2.24, 2.45) is 5.73 Å². The zero-order valence-electron chi connectivity index (χ0n) is 6.92. The van der Waals surface area contributed by atoms with Gasteiger partial charge >= 0.3 is 0 Å². The summed E-state index contributed by atoms with van der Waals surface area (Å²) in [6.07, 6.45) is 2.08. The molecule has 0 aliphatic heterocycles. The molecule has 1 rings (SSSR count). The fraction of sp³-hybridized carbons (Fsp3) is 0.333. The van der Waals surface area contributed by atoms with Crippen LogP contribution in [0.5, 0.6) is 0 Å². The van der Waals surface area contributed by atoms with Crippen LogP contribution in [0.25, 0.3) is 0 Å². The first-order valence-electron chi connectivity index (χ1n) is 3.61. The van der Waals surface area contributed by atoms with Crippen LogP contribution < -0.4 is 5.73 Å². The molecule has 0 spiro atoms. The van der Waals surface area contributed by atoms with Gasteiger partial charge in [-0.25, -0.2) is 0 Å². The van der Waals surface area contributed by atoms with Crippen LogP contribution in [0.3, 0.4) is 0 Å². The van der Waals surface area contributed by atoms with E-state index in [1.807, 2.05) is 0 Å². The molecule has 0 saturated heterocycles. The van der Waals surface area contributed by atoms with Gasteiger partial charge in [0.15, 0.2) is 0 Å². The van der Waals surface area contributed by atoms with Crippen LogP contribution in [-0.4, -0.2) is 6.26 Å². The Hall–Kier alpha value is -0.470. The topological polar surface area (TPSA) is 26.0 Å². The van der Waals surface area contributed by atoms with Crippen LogP contribution in [0.2, 0.25) is 0 Å². The molecule has 0 unspecified atom stereocenters. The van der Waals surface area contributed by atoms with Crippen molar-refractivity contribution in [3.63, 3.8) is 0 Å². The molecule has 0 radical (unpaired) electrons. The third kappa shape index (κ3) is 1.98. The summed E-state index contributed by atoms with van der Waals surface area (Å²) in [5.41, 5.74) is 8.10. The summed E-state index contributed by atoms with van der Waals surface area (Å²) in [5.74, 6) is 0. The van der Waals surface area contributed by atoms with Gasteiger partial charge < -0.3 is 5.73 Å². The van der Waals surface area contributed by atoms with Gasteiger partial charge in [-0.2, -0.15) is 0 Å². The van der Waals surface area contributed by atoms with E-state index in [0.717, 1.165) is 0 Å². The Morgan fingerprint density at radius 3 is 2.73 bits per heavy atom. The molecule has 1 aromatic rings. The SMILES string of the molecule is CSc1cc(C)ccc1CN. The van der Waals surface area contributed by atoms with Gasteiger partial charge in [-0.05, 0) is 30.4 Å². The molecule has 0 amide bonds. The van der Waals surface area contributed by atoms with Gasteiger partial charge in [0.25, 0.3) is 0 Å². The van der Waals surface area contributed by atoms with Gasteiger partial charge in [0.2, 0.25) is 0 Å². The number of hydrogen-bond donors (Lipinski definition) is 1. The molecular formula is C9H13NS. The van der Waals surface area contributed by atoms with Crippen molar-refractivity contribution in [3.05, 3.63) is 29.3 Å². The Balaban J connectivity index is 3.06. The van der Waals surface area contributed by atoms with Crippen LogP contribution in [0.15, 0.2) is 23.1 Å². The third-order valence-electron chi connectivity index (χ3n) is 1.66. The van der Waals surface area contributed by atoms with E-state index >= 15 is 0 Å². The highest BCUT2D eigenvalue weighted by atomic mass is 32.2. The molecule has 0 aliphatic carbocycles. The van der Waals surface area contributed by atoms with Crippen LogP contribution in [0.4, 0.5) is 0 Å². The fourth-order valence-electron chi connectivity index (χ4n) is 1.02. The minimum absolute atomic E-state index is 0.635. The predicted octanol–water partition coefficient (Wildman–Crippen LogP) is 2.18. The highest BCUT2D eigenvalue weighted by Crippen LogP contribution is 2.20. The second kappa shape index (κ2) is 3.79. The summed E-state index contributed by atoms with van der Waals surface area (Å²) in [6, 6.07) is 6.37. The summed E-state index contributed by atoms with van der Waals surface area (Å²) >= 11 is 1.75. The molecule has 0 aromatic heterocycles. The molecule has 0 heterocycles. The maximum absolute atomic E-state index is 5.56. The van der Waals surface area contributed by atoms with E-state index in [1.54, 1.807) is 11.8 Å². The van der Waals surface area contributed by atoms with Gasteiger partial charge in [0.1, 0.15) is 0 Å². The quantitative estimate of drug-likeness (QED) is 0.683. The van der Waals surface area contributed by atoms with Crippen molar-refractivity contribution in [1.82, 2.24) is 0 Å². The normalized spacial score (nSPS) is 10.1. The Bertz CT molecular complexity index is 245. The summed E-state index contributed by atoms with van der Waals surface area (Å²) in [4.78, 5) is 1.30. The predicted molar refractivity (Wildman–Crippen MR) is 50.9 cm³/mol. The van der Waals surface area contributed by atoms with E-state index in [4.69, 9.17) is 5.73 Å². The van der Waals surface area contributed by atoms with E-state index < -0.39 is 0 Å². The molecule has 0 aliphatic rings. The monoisotopic (exact) mass is 167 g/mol. The standard InChI is InChI=1S/C9H13NS/c1-7-3-4-8(6-10)9(5-7)11-2/h3-5H,6,10H2,1-2H3. The zero-order chi connectivity index (χ0) is 8.27. The first kappa shape index (κ1) is 8.62. The smallest absolute Gasteiger partial charge is 0.0189 e. The number of hydrogen-bond acceptors (Lipinski definition) is 2. The number of aryl methyl sites for hydroxylation is 1. The van der Waals surface area contributed by atoms with Crippen molar-refractivity contribution in [2.45, 2.75) is 18.4 Å². The van der Waals surface area contributed by atoms with E-state index in [-0.39, 0.29) is 0 Å². The van der Waals surface area contributed by atoms with Gasteiger partial charge in [-0.15, -0.1) is 11.8 Å². The van der Waals surface area contributed by atoms with Gasteiger partial charge in [-0.3, -0.25) is 0 Å². The number of rotatable bonds is 2. The number of thioether (sulfide) groups is 1. The van der Waals surface area contributed by atoms with Gasteiger partial charge in [0.05, 0.1) is 0 Å². The molecule has 0 bridgehead atoms. The van der Waals surface area contributed by atoms with Crippen molar-refractivity contribution in [2.75, 3.05) is 6.26 Å². The van der Waals surface area contributed by atoms with E-state index in [0.29, 0.717) is 6.54 Å². The molecule has 11 heavy (non-hydrogen) atoms. The van der Waals surface area contributed by atoms with E-state index in [1.165, 1.54) is 16.0 Å². The Kier molecular flexibility index (Phi) is 2.97. The summed E-state index contributed by atoms with van der Waals surface area (Å²) in [7, 11) is 0. The first-order valence-corrected chi connectivity index (χ1v) is 4.84. The largest absolute Gasteiger partial charge is 0.326 e. The first-order chi connectivity index (χ1) is 5.27. The lowest BCUT2D eigenvalue weighted by Crippen LogP contribution is -1.98. The molecule has 2 N–H and O–H groups in total. The molecule has 1 aromatic carbocycles. The average molecular weight is 167 g/mol. The second-order valence-corrected chi connectivity index (χ2v) is 3.37. The zero-order valence-corrected chi connectivity index (χ0v) is 7.74. The van der Waals surface area contributed by atoms with Crippen molar-refractivity contribution < 1.29 is 0 Å². The highest BCUT2D eigenvalue weighted by molar-refractivity contribution is 7.98. The molecule has 0 saturated carbocycles. The summed E-state index contributed by atoms with van der Waals surface area (Å²) < 4.78 is 0. The lowest BCUT2D eigenvalue weighted by Gasteiger charge is -2.04. The summed E-state index contributed by atoms with van der Waals surface area (Å²) in [5, 5.41) is 0. The Morgan fingerprint density at radius 1 is 1.45 bits per heavy atom. The molecular weight excluding hydrogens is 154 g/mol. The molecule has 60 valence electrons. The Labute approximate surface area is 72.0 Å². The lowest BCUT2D eigenvalue weighted by atomic mass is 10.1. The number of benzene rings is 1. The maximum atomic E-state index is 5.56. The summed E-state index contributed by atoms with van der Waals surface area (Å²) in [6.45, 7) is 2.73. The molecule has 2 heteroatoms. The van der Waals surface area contributed by atoms with Crippen molar-refractivity contribution in [1.29, 1.82) is 0 Å². The Morgan fingerprint density at radius 2 is 2.18 bits per heavy atom. The minimum Gasteiger partial charge on any atom is -0.326 e. The second-order valence-electron chi connectivity index (χ2n) is 2.52.